The van der Waals surface area contributed by atoms with E-state index in [4.69, 9.17) is 0 Å². The fourth-order valence-corrected chi connectivity index (χ4v) is 0. The van der Waals surface area contributed by atoms with Crippen molar-refractivity contribution in [1.29, 1.82) is 0 Å². The molecular formula is H7AlMgSZn. The molecular weight excluding hydrogens is 149 g/mol. The van der Waals surface area contributed by atoms with Crippen LogP contribution in [0.25, 0.3) is 0 Å². The average molecular weight is 156 g/mol. The maximum atomic E-state index is 0. The van der Waals surface area contributed by atoms with Gasteiger partial charge in [0, 0.05) is 19.5 Å². The largest absolute Gasteiger partial charge is 2.00 e. The molecule has 0 fully saturated rings. The van der Waals surface area contributed by atoms with Gasteiger partial charge in [-0.2, -0.15) is 13.5 Å². The molecule has 0 aliphatic carbocycles. The van der Waals surface area contributed by atoms with Crippen molar-refractivity contribution in [3.63, 3.8) is 0 Å². The first-order chi connectivity index (χ1) is 0. The van der Waals surface area contributed by atoms with Crippen LogP contribution in [0.3, 0.4) is 0 Å². The van der Waals surface area contributed by atoms with E-state index in [0.29, 0.717) is 0 Å². The molecule has 0 atom stereocenters. The molecule has 0 N–H and O–H groups in total. The summed E-state index contributed by atoms with van der Waals surface area (Å²) < 4.78 is 0. The Bertz CT molecular complexity index is 13.5. The van der Waals surface area contributed by atoms with Crippen molar-refractivity contribution in [2.45, 2.75) is 0 Å². The minimum atomic E-state index is 0. The van der Waals surface area contributed by atoms with E-state index < -0.39 is 0 Å². The van der Waals surface area contributed by atoms with E-state index in [1.807, 2.05) is 0 Å². The van der Waals surface area contributed by atoms with Crippen LogP contribution in [0, 0.1) is 0 Å². The Hall–Kier alpha value is 2.27. The minimum Gasteiger partial charge on any atom is -1.00 e. The van der Waals surface area contributed by atoms with Gasteiger partial charge in [0.2, 0.25) is 0 Å². The van der Waals surface area contributed by atoms with E-state index in [0.717, 1.165) is 0 Å². The summed E-state index contributed by atoms with van der Waals surface area (Å²) in [6, 6.07) is 0. The molecule has 0 saturated heterocycles. The van der Waals surface area contributed by atoms with Crippen LogP contribution < -0.4 is 0 Å². The molecule has 0 aromatic carbocycles. The maximum absolute atomic E-state index is 0. The van der Waals surface area contributed by atoms with Crippen LogP contribution in [-0.4, -0.2) is 40.4 Å². The van der Waals surface area contributed by atoms with Gasteiger partial charge in [-0.25, -0.2) is 0 Å². The Morgan fingerprint density at radius 3 is 1.25 bits per heavy atom. The molecule has 4 heteroatoms. The van der Waals surface area contributed by atoms with Crippen LogP contribution in [0.5, 0.6) is 0 Å². The first-order valence-corrected chi connectivity index (χ1v) is 0. The third-order valence-corrected chi connectivity index (χ3v) is 0. The quantitative estimate of drug-likeness (QED) is 0.385. The first-order valence-electron chi connectivity index (χ1n) is 0. The van der Waals surface area contributed by atoms with Gasteiger partial charge in [0.05, 0.1) is 0 Å². The summed E-state index contributed by atoms with van der Waals surface area (Å²) in [5.74, 6) is 0. The van der Waals surface area contributed by atoms with Gasteiger partial charge in [-0.15, -0.1) is 0 Å². The maximum Gasteiger partial charge on any atom is 2.00 e. The number of hydrogen-bond donors (Lipinski definition) is 0. The summed E-state index contributed by atoms with van der Waals surface area (Å²) in [6.45, 7) is 0. The first kappa shape index (κ1) is 33.8. The molecule has 0 aliphatic heterocycles. The Balaban J connectivity index is 0. The molecule has 0 heterocycles. The van der Waals surface area contributed by atoms with Crippen LogP contribution in [0.1, 0.15) is 2.85 Å². The van der Waals surface area contributed by atoms with Crippen molar-refractivity contribution in [3.05, 3.63) is 0 Å². The third kappa shape index (κ3) is 8.86. The summed E-state index contributed by atoms with van der Waals surface area (Å²) in [5.41, 5.74) is 0. The van der Waals surface area contributed by atoms with Crippen molar-refractivity contribution >= 4 is 53.9 Å². The predicted octanol–water partition coefficient (Wildman–Crippen LogP) is -1.23. The molecule has 0 nitrogen and oxygen atoms in total. The zero-order valence-electron chi connectivity index (χ0n) is 3.91. The van der Waals surface area contributed by atoms with E-state index in [1.54, 1.807) is 0 Å². The smallest absolute Gasteiger partial charge is 1.00 e. The van der Waals surface area contributed by atoms with Crippen LogP contribution in [-0.2, 0) is 19.5 Å². The van der Waals surface area contributed by atoms with E-state index >= 15 is 0 Å². The number of hydrogen-bond acceptors (Lipinski definition) is 0. The summed E-state index contributed by atoms with van der Waals surface area (Å²) >= 11 is 0. The summed E-state index contributed by atoms with van der Waals surface area (Å²) in [5, 5.41) is 0. The molecule has 0 aromatic heterocycles. The Morgan fingerprint density at radius 1 is 1.25 bits per heavy atom. The Morgan fingerprint density at radius 2 is 1.25 bits per heavy atom. The molecule has 4 heavy (non-hydrogen) atoms. The molecule has 0 spiro atoms. The SMILES string of the molecule is S.[AlH3].[H-].[H-].[Mg+2].[Zn]. The van der Waals surface area contributed by atoms with Gasteiger partial charge >= 0.3 is 23.1 Å². The average Bonchev–Trinajstić information content (AvgIpc) is 0. The topological polar surface area (TPSA) is 0 Å². The molecule has 0 rings (SSSR count). The molecule has 0 bridgehead atoms. The fourth-order valence-electron chi connectivity index (χ4n) is 0. The van der Waals surface area contributed by atoms with Gasteiger partial charge in [0.1, 0.15) is 0 Å². The van der Waals surface area contributed by atoms with Gasteiger partial charge in [-0.05, 0) is 0 Å². The van der Waals surface area contributed by atoms with Crippen LogP contribution >= 0.6 is 13.5 Å². The summed E-state index contributed by atoms with van der Waals surface area (Å²) in [7, 11) is 0. The van der Waals surface area contributed by atoms with E-state index in [-0.39, 0.29) is 76.2 Å². The van der Waals surface area contributed by atoms with Gasteiger partial charge < -0.3 is 2.85 Å². The number of rotatable bonds is 0. The second-order valence-electron chi connectivity index (χ2n) is 0. The monoisotopic (exact) mass is 154 g/mol. The van der Waals surface area contributed by atoms with Crippen LogP contribution in [0.15, 0.2) is 0 Å². The van der Waals surface area contributed by atoms with E-state index in [1.165, 1.54) is 0 Å². The molecule has 0 amide bonds. The van der Waals surface area contributed by atoms with E-state index in [9.17, 15) is 0 Å². The predicted molar refractivity (Wildman–Crippen MR) is 28.3 cm³/mol. The normalized spacial score (nSPS) is 0. The molecule has 0 unspecified atom stereocenters. The van der Waals surface area contributed by atoms with Crippen LogP contribution in [0.2, 0.25) is 0 Å². The van der Waals surface area contributed by atoms with Crippen molar-refractivity contribution in [2.75, 3.05) is 0 Å². The second kappa shape index (κ2) is 18.6. The van der Waals surface area contributed by atoms with Crippen molar-refractivity contribution in [3.8, 4) is 0 Å². The fraction of sp³-hybridized carbons (Fsp3) is 0. The molecule has 0 saturated carbocycles. The Kier molecular flexibility index (Phi) is 157. The zero-order valence-corrected chi connectivity index (χ0v) is 7.30. The van der Waals surface area contributed by atoms with Gasteiger partial charge in [-0.3, -0.25) is 0 Å². The van der Waals surface area contributed by atoms with Gasteiger partial charge in [0.15, 0.2) is 17.4 Å². The summed E-state index contributed by atoms with van der Waals surface area (Å²) in [6.07, 6.45) is 0. The van der Waals surface area contributed by atoms with Gasteiger partial charge in [-0.1, -0.05) is 0 Å². The Labute approximate surface area is 75.6 Å². The summed E-state index contributed by atoms with van der Waals surface area (Å²) in [4.78, 5) is 0. The van der Waals surface area contributed by atoms with Crippen molar-refractivity contribution < 1.29 is 22.3 Å². The zero-order chi connectivity index (χ0) is 0. The molecule has 0 aromatic rings. The molecule has 0 radical (unpaired) electrons. The third-order valence-electron chi connectivity index (χ3n) is 0. The van der Waals surface area contributed by atoms with Crippen molar-refractivity contribution in [2.24, 2.45) is 0 Å². The van der Waals surface area contributed by atoms with Crippen LogP contribution in [0.4, 0.5) is 0 Å². The minimum absolute atomic E-state index is 0. The van der Waals surface area contributed by atoms with Gasteiger partial charge in [0.25, 0.3) is 0 Å². The molecule has 0 aliphatic rings. The second-order valence-corrected chi connectivity index (χ2v) is 0. The van der Waals surface area contributed by atoms with E-state index in [2.05, 4.69) is 0 Å². The standard InChI is InChI=1S/Al.Mg.H2S.Zn.5H/h;;1H2;;;;;;/q;+2;;;;;;2*-1. The molecule has 20 valence electrons. The van der Waals surface area contributed by atoms with Crippen molar-refractivity contribution in [1.82, 2.24) is 0 Å².